The first kappa shape index (κ1) is 26.6. The molecule has 166 valence electrons. The molecule has 0 radical (unpaired) electrons. The number of thioether (sulfide) groups is 1. The van der Waals surface area contributed by atoms with E-state index in [1.54, 1.807) is 6.26 Å². The van der Waals surface area contributed by atoms with Crippen molar-refractivity contribution >= 4 is 41.4 Å². The Hall–Kier alpha value is -2.38. The molecule has 3 amide bonds. The summed E-state index contributed by atoms with van der Waals surface area (Å²) in [7, 11) is 0. The van der Waals surface area contributed by atoms with Crippen molar-refractivity contribution in [2.75, 3.05) is 18.6 Å². The fourth-order valence-electron chi connectivity index (χ4n) is 2.05. The summed E-state index contributed by atoms with van der Waals surface area (Å²) < 4.78 is 0. The highest BCUT2D eigenvalue weighted by Crippen LogP contribution is 2.05. The van der Waals surface area contributed by atoms with Crippen LogP contribution in [0.4, 0.5) is 0 Å². The molecule has 4 atom stereocenters. The van der Waals surface area contributed by atoms with E-state index in [0.717, 1.165) is 0 Å². The number of carboxylic acids is 2. The van der Waals surface area contributed by atoms with E-state index in [4.69, 9.17) is 21.1 Å². The lowest BCUT2D eigenvalue weighted by molar-refractivity contribution is -0.141. The van der Waals surface area contributed by atoms with Crippen LogP contribution in [0.2, 0.25) is 0 Å². The molecule has 0 aromatic heterocycles. The van der Waals surface area contributed by atoms with E-state index in [-0.39, 0.29) is 12.8 Å². The third-order valence-electron chi connectivity index (χ3n) is 3.79. The number of amides is 3. The molecule has 0 aliphatic rings. The number of aliphatic carboxylic acids is 2. The average Bonchev–Trinajstić information content (AvgIpc) is 2.66. The van der Waals surface area contributed by atoms with Gasteiger partial charge in [-0.15, -0.1) is 0 Å². The zero-order valence-electron chi connectivity index (χ0n) is 16.2. The molecule has 12 nitrogen and oxygen atoms in total. The quantitative estimate of drug-likeness (QED) is 0.152. The largest absolute Gasteiger partial charge is 0.481 e. The topological polar surface area (TPSA) is 208 Å². The maximum absolute atomic E-state index is 12.6. The van der Waals surface area contributed by atoms with Gasteiger partial charge in [0.15, 0.2) is 0 Å². The van der Waals surface area contributed by atoms with E-state index >= 15 is 0 Å². The highest BCUT2D eigenvalue weighted by Gasteiger charge is 2.29. The Morgan fingerprint density at radius 2 is 1.45 bits per heavy atom. The lowest BCUT2D eigenvalue weighted by Crippen LogP contribution is -2.57. The summed E-state index contributed by atoms with van der Waals surface area (Å²) in [5.74, 6) is -4.39. The van der Waals surface area contributed by atoms with Crippen molar-refractivity contribution < 1.29 is 39.3 Å². The molecule has 0 aromatic rings. The van der Waals surface area contributed by atoms with Crippen LogP contribution in [0.25, 0.3) is 0 Å². The standard InChI is InChI=1S/C16H28N4O8S/c1-8(16(27)28)18-14(25)11(5-6-29-2)20-15(26)10(3-4-12(22)23)19-13(24)9(17)7-21/h8-11,21H,3-7,17H2,1-2H3,(H,18,25)(H,19,24)(H,20,26)(H,22,23)(H,27,28). The van der Waals surface area contributed by atoms with E-state index in [2.05, 4.69) is 16.0 Å². The Morgan fingerprint density at radius 1 is 0.931 bits per heavy atom. The Kier molecular flexibility index (Phi) is 12.6. The van der Waals surface area contributed by atoms with Gasteiger partial charge in [-0.2, -0.15) is 11.8 Å². The molecular formula is C16H28N4O8S. The van der Waals surface area contributed by atoms with Crippen LogP contribution in [0, 0.1) is 0 Å². The molecule has 0 aliphatic heterocycles. The van der Waals surface area contributed by atoms with Crippen molar-refractivity contribution in [3.05, 3.63) is 0 Å². The minimum atomic E-state index is -1.31. The first-order valence-electron chi connectivity index (χ1n) is 8.74. The molecular weight excluding hydrogens is 408 g/mol. The monoisotopic (exact) mass is 436 g/mol. The van der Waals surface area contributed by atoms with Crippen LogP contribution in [0.3, 0.4) is 0 Å². The fraction of sp³-hybridized carbons (Fsp3) is 0.688. The molecule has 0 heterocycles. The maximum atomic E-state index is 12.6. The smallest absolute Gasteiger partial charge is 0.325 e. The first-order chi connectivity index (χ1) is 13.5. The van der Waals surface area contributed by atoms with E-state index in [0.29, 0.717) is 5.75 Å². The van der Waals surface area contributed by atoms with Gasteiger partial charge in [0.1, 0.15) is 24.2 Å². The van der Waals surface area contributed by atoms with Crippen LogP contribution in [0.1, 0.15) is 26.2 Å². The van der Waals surface area contributed by atoms with Crippen molar-refractivity contribution in [2.45, 2.75) is 50.4 Å². The normalized spacial score (nSPS) is 14.8. The van der Waals surface area contributed by atoms with E-state index < -0.39 is 66.9 Å². The fourth-order valence-corrected chi connectivity index (χ4v) is 2.52. The molecule has 4 unspecified atom stereocenters. The molecule has 0 saturated carbocycles. The van der Waals surface area contributed by atoms with Crippen LogP contribution in [0.15, 0.2) is 0 Å². The predicted octanol–water partition coefficient (Wildman–Crippen LogP) is -2.52. The Bertz CT molecular complexity index is 603. The highest BCUT2D eigenvalue weighted by molar-refractivity contribution is 7.98. The van der Waals surface area contributed by atoms with Gasteiger partial charge >= 0.3 is 11.9 Å². The van der Waals surface area contributed by atoms with Crippen molar-refractivity contribution in [3.63, 3.8) is 0 Å². The summed E-state index contributed by atoms with van der Waals surface area (Å²) >= 11 is 1.40. The SMILES string of the molecule is CSCCC(NC(=O)C(CCC(=O)O)NC(=O)C(N)CO)C(=O)NC(C)C(=O)O. The van der Waals surface area contributed by atoms with Gasteiger partial charge in [0.25, 0.3) is 0 Å². The number of aliphatic hydroxyl groups excluding tert-OH is 1. The second kappa shape index (κ2) is 13.7. The maximum Gasteiger partial charge on any atom is 0.325 e. The number of nitrogens with two attached hydrogens (primary N) is 1. The van der Waals surface area contributed by atoms with E-state index in [9.17, 15) is 24.0 Å². The molecule has 0 aliphatic carbocycles. The number of aliphatic hydroxyl groups is 1. The van der Waals surface area contributed by atoms with Gasteiger partial charge in [0.2, 0.25) is 17.7 Å². The van der Waals surface area contributed by atoms with Crippen molar-refractivity contribution in [2.24, 2.45) is 5.73 Å². The van der Waals surface area contributed by atoms with Crippen molar-refractivity contribution in [1.82, 2.24) is 16.0 Å². The summed E-state index contributed by atoms with van der Waals surface area (Å²) in [6, 6.07) is -4.88. The molecule has 0 fully saturated rings. The number of carboxylic acid groups (broad SMARTS) is 2. The lowest BCUT2D eigenvalue weighted by Gasteiger charge is -2.24. The number of rotatable bonds is 14. The molecule has 0 bridgehead atoms. The second-order valence-electron chi connectivity index (χ2n) is 6.19. The number of nitrogens with one attached hydrogen (secondary N) is 3. The van der Waals surface area contributed by atoms with E-state index in [1.165, 1.54) is 18.7 Å². The van der Waals surface area contributed by atoms with Gasteiger partial charge < -0.3 is 37.0 Å². The minimum absolute atomic E-state index is 0.181. The second-order valence-corrected chi connectivity index (χ2v) is 7.18. The molecule has 0 saturated heterocycles. The van der Waals surface area contributed by atoms with Gasteiger partial charge in [0.05, 0.1) is 6.61 Å². The van der Waals surface area contributed by atoms with Gasteiger partial charge in [-0.3, -0.25) is 24.0 Å². The average molecular weight is 436 g/mol. The van der Waals surface area contributed by atoms with Crippen LogP contribution in [0.5, 0.6) is 0 Å². The molecule has 8 N–H and O–H groups in total. The predicted molar refractivity (Wildman–Crippen MR) is 104 cm³/mol. The molecule has 29 heavy (non-hydrogen) atoms. The van der Waals surface area contributed by atoms with Crippen LogP contribution in [-0.2, 0) is 24.0 Å². The Morgan fingerprint density at radius 3 is 1.93 bits per heavy atom. The lowest BCUT2D eigenvalue weighted by atomic mass is 10.1. The number of hydrogen-bond donors (Lipinski definition) is 7. The number of hydrogen-bond acceptors (Lipinski definition) is 8. The molecule has 0 spiro atoms. The summed E-state index contributed by atoms with van der Waals surface area (Å²) in [4.78, 5) is 58.5. The summed E-state index contributed by atoms with van der Waals surface area (Å²) in [5.41, 5.74) is 5.39. The number of carbonyl (C=O) groups is 5. The van der Waals surface area contributed by atoms with Crippen molar-refractivity contribution in [1.29, 1.82) is 0 Å². The van der Waals surface area contributed by atoms with Gasteiger partial charge in [0, 0.05) is 6.42 Å². The molecule has 0 aromatic carbocycles. The zero-order valence-corrected chi connectivity index (χ0v) is 17.0. The van der Waals surface area contributed by atoms with Crippen LogP contribution in [-0.4, -0.2) is 87.8 Å². The van der Waals surface area contributed by atoms with Crippen LogP contribution >= 0.6 is 11.8 Å². The summed E-state index contributed by atoms with van der Waals surface area (Å²) in [6.45, 7) is 0.588. The van der Waals surface area contributed by atoms with E-state index in [1.807, 2.05) is 0 Å². The van der Waals surface area contributed by atoms with Gasteiger partial charge in [-0.25, -0.2) is 0 Å². The van der Waals surface area contributed by atoms with Crippen molar-refractivity contribution in [3.8, 4) is 0 Å². The third kappa shape index (κ3) is 10.7. The summed E-state index contributed by atoms with van der Waals surface area (Å²) in [6.07, 6.45) is 1.25. The molecule has 13 heteroatoms. The Labute approximate surface area is 172 Å². The first-order valence-corrected chi connectivity index (χ1v) is 10.1. The minimum Gasteiger partial charge on any atom is -0.481 e. The van der Waals surface area contributed by atoms with Gasteiger partial charge in [-0.1, -0.05) is 0 Å². The molecule has 0 rings (SSSR count). The zero-order chi connectivity index (χ0) is 22.6. The number of carbonyl (C=O) groups excluding carboxylic acids is 3. The van der Waals surface area contributed by atoms with Crippen LogP contribution < -0.4 is 21.7 Å². The Balaban J connectivity index is 5.29. The summed E-state index contributed by atoms with van der Waals surface area (Å²) in [5, 5.41) is 33.6. The van der Waals surface area contributed by atoms with Gasteiger partial charge in [-0.05, 0) is 31.8 Å². The highest BCUT2D eigenvalue weighted by atomic mass is 32.2. The third-order valence-corrected chi connectivity index (χ3v) is 4.43.